The van der Waals surface area contributed by atoms with Gasteiger partial charge in [-0.1, -0.05) is 36.2 Å². The number of benzene rings is 1. The molecular weight excluding hydrogens is 419 g/mol. The minimum absolute atomic E-state index is 0.147. The van der Waals surface area contributed by atoms with Crippen LogP contribution in [0.3, 0.4) is 0 Å². The number of anilines is 1. The zero-order valence-electron chi connectivity index (χ0n) is 15.5. The van der Waals surface area contributed by atoms with Crippen molar-refractivity contribution < 1.29 is 4.74 Å². The van der Waals surface area contributed by atoms with Gasteiger partial charge in [0.2, 0.25) is 0 Å². The number of nitrogens with zero attached hydrogens (tertiary/aromatic N) is 2. The number of hydrogen-bond acceptors (Lipinski definition) is 5. The first-order valence-corrected chi connectivity index (χ1v) is 11.2. The average molecular weight is 441 g/mol. The molecule has 0 aliphatic rings. The highest BCUT2D eigenvalue weighted by Crippen LogP contribution is 2.39. The lowest BCUT2D eigenvalue weighted by Gasteiger charge is -2.30. The van der Waals surface area contributed by atoms with Crippen LogP contribution in [-0.4, -0.2) is 25.2 Å². The first-order valence-electron chi connectivity index (χ1n) is 8.77. The largest absolute Gasteiger partial charge is 0.382 e. The normalized spacial score (nSPS) is 12.3. The molecule has 3 rings (SSSR count). The number of ether oxygens (including phenoxy) is 1. The van der Waals surface area contributed by atoms with E-state index in [9.17, 15) is 0 Å². The van der Waals surface area contributed by atoms with Crippen LogP contribution in [0.25, 0.3) is 11.3 Å². The van der Waals surface area contributed by atoms with Gasteiger partial charge in [-0.15, -0.1) is 22.7 Å². The van der Waals surface area contributed by atoms with Crippen LogP contribution in [0.2, 0.25) is 10.0 Å². The number of hydrogen-bond donors (Lipinski definition) is 0. The maximum absolute atomic E-state index is 6.43. The van der Waals surface area contributed by atoms with E-state index in [4.69, 9.17) is 32.9 Å². The molecule has 0 N–H and O–H groups in total. The molecule has 2 aromatic heterocycles. The summed E-state index contributed by atoms with van der Waals surface area (Å²) >= 11 is 15.9. The van der Waals surface area contributed by atoms with Crippen molar-refractivity contribution in [2.45, 2.75) is 26.3 Å². The maximum Gasteiger partial charge on any atom is 0.186 e. The standard InChI is InChI=1S/C20H22Cl2N2OS2/c1-4-9-24(17(12-25-3)18-6-5-10-26-18)20-23-19(13(2)27-20)15-8-7-14(21)11-16(15)22/h5-8,10-11,17H,4,9,12H2,1-3H3. The van der Waals surface area contributed by atoms with E-state index in [1.54, 1.807) is 35.8 Å². The Labute approximate surface area is 178 Å². The number of rotatable bonds is 8. The lowest BCUT2D eigenvalue weighted by Crippen LogP contribution is -2.31. The summed E-state index contributed by atoms with van der Waals surface area (Å²) in [5, 5.41) is 4.35. The second-order valence-electron chi connectivity index (χ2n) is 6.21. The van der Waals surface area contributed by atoms with Crippen LogP contribution < -0.4 is 4.90 Å². The van der Waals surface area contributed by atoms with Gasteiger partial charge in [0.1, 0.15) is 0 Å². The predicted molar refractivity (Wildman–Crippen MR) is 119 cm³/mol. The van der Waals surface area contributed by atoms with E-state index in [0.717, 1.165) is 34.2 Å². The van der Waals surface area contributed by atoms with Gasteiger partial charge in [0.15, 0.2) is 5.13 Å². The van der Waals surface area contributed by atoms with Crippen LogP contribution in [0, 0.1) is 6.92 Å². The summed E-state index contributed by atoms with van der Waals surface area (Å²) in [5.74, 6) is 0. The molecule has 0 spiro atoms. The monoisotopic (exact) mass is 440 g/mol. The Balaban J connectivity index is 2.01. The van der Waals surface area contributed by atoms with Crippen LogP contribution in [0.15, 0.2) is 35.7 Å². The number of methoxy groups -OCH3 is 1. The molecule has 0 aliphatic carbocycles. The second-order valence-corrected chi connectivity index (χ2v) is 9.21. The fourth-order valence-corrected chi connectivity index (χ4v) is 5.35. The fraction of sp³-hybridized carbons (Fsp3) is 0.350. The third kappa shape index (κ3) is 4.66. The Morgan fingerprint density at radius 2 is 2.07 bits per heavy atom. The fourth-order valence-electron chi connectivity index (χ4n) is 3.03. The molecule has 0 saturated heterocycles. The number of thiophene rings is 1. The predicted octanol–water partition coefficient (Wildman–Crippen LogP) is 7.09. The summed E-state index contributed by atoms with van der Waals surface area (Å²) in [6.07, 6.45) is 1.03. The minimum Gasteiger partial charge on any atom is -0.382 e. The van der Waals surface area contributed by atoms with Gasteiger partial charge in [0.05, 0.1) is 23.4 Å². The van der Waals surface area contributed by atoms with Crippen molar-refractivity contribution in [3.05, 3.63) is 55.5 Å². The summed E-state index contributed by atoms with van der Waals surface area (Å²) in [6.45, 7) is 5.80. The van der Waals surface area contributed by atoms with E-state index in [2.05, 4.69) is 36.3 Å². The molecule has 0 aliphatic heterocycles. The molecule has 0 saturated carbocycles. The highest BCUT2D eigenvalue weighted by molar-refractivity contribution is 7.16. The Bertz CT molecular complexity index is 880. The van der Waals surface area contributed by atoms with Crippen molar-refractivity contribution in [2.75, 3.05) is 25.2 Å². The Morgan fingerprint density at radius 3 is 2.70 bits per heavy atom. The third-order valence-electron chi connectivity index (χ3n) is 4.25. The van der Waals surface area contributed by atoms with Gasteiger partial charge >= 0.3 is 0 Å². The summed E-state index contributed by atoms with van der Waals surface area (Å²) in [4.78, 5) is 9.73. The quantitative estimate of drug-likeness (QED) is 0.373. The molecule has 0 bridgehead atoms. The van der Waals surface area contributed by atoms with Crippen LogP contribution in [0.5, 0.6) is 0 Å². The highest BCUT2D eigenvalue weighted by atomic mass is 35.5. The Morgan fingerprint density at radius 1 is 1.26 bits per heavy atom. The van der Waals surface area contributed by atoms with Gasteiger partial charge in [-0.3, -0.25) is 0 Å². The number of thiazole rings is 1. The molecule has 3 aromatic rings. The lowest BCUT2D eigenvalue weighted by molar-refractivity contribution is 0.178. The van der Waals surface area contributed by atoms with Crippen LogP contribution >= 0.6 is 45.9 Å². The van der Waals surface area contributed by atoms with Gasteiger partial charge in [0, 0.05) is 34.0 Å². The van der Waals surface area contributed by atoms with Gasteiger partial charge in [-0.05, 0) is 43.0 Å². The molecule has 0 amide bonds. The van der Waals surface area contributed by atoms with Crippen molar-refractivity contribution >= 4 is 51.0 Å². The van der Waals surface area contributed by atoms with Crippen LogP contribution in [0.1, 0.15) is 29.1 Å². The molecule has 144 valence electrons. The third-order valence-corrected chi connectivity index (χ3v) is 6.78. The molecule has 1 unspecified atom stereocenters. The number of aryl methyl sites for hydroxylation is 1. The molecular formula is C20H22Cl2N2OS2. The van der Waals surface area contributed by atoms with Crippen molar-refractivity contribution in [3.63, 3.8) is 0 Å². The zero-order valence-corrected chi connectivity index (χ0v) is 18.7. The smallest absolute Gasteiger partial charge is 0.186 e. The topological polar surface area (TPSA) is 25.4 Å². The minimum atomic E-state index is 0.147. The van der Waals surface area contributed by atoms with E-state index in [1.165, 1.54) is 4.88 Å². The first-order chi connectivity index (χ1) is 13.0. The zero-order chi connectivity index (χ0) is 19.4. The van der Waals surface area contributed by atoms with E-state index >= 15 is 0 Å². The van der Waals surface area contributed by atoms with Crippen LogP contribution in [0.4, 0.5) is 5.13 Å². The average Bonchev–Trinajstić information content (AvgIpc) is 3.28. The van der Waals surface area contributed by atoms with Gasteiger partial charge < -0.3 is 9.64 Å². The molecule has 3 nitrogen and oxygen atoms in total. The summed E-state index contributed by atoms with van der Waals surface area (Å²) < 4.78 is 5.54. The first kappa shape index (κ1) is 20.6. The van der Waals surface area contributed by atoms with Crippen molar-refractivity contribution in [1.82, 2.24) is 4.98 Å². The molecule has 1 atom stereocenters. The molecule has 2 heterocycles. The summed E-state index contributed by atoms with van der Waals surface area (Å²) in [7, 11) is 1.75. The lowest BCUT2D eigenvalue weighted by atomic mass is 10.1. The molecule has 1 aromatic carbocycles. The van der Waals surface area contributed by atoms with Crippen LogP contribution in [-0.2, 0) is 4.74 Å². The van der Waals surface area contributed by atoms with Crippen molar-refractivity contribution in [1.29, 1.82) is 0 Å². The molecule has 7 heteroatoms. The van der Waals surface area contributed by atoms with Gasteiger partial charge in [-0.2, -0.15) is 0 Å². The molecule has 0 fully saturated rings. The Kier molecular flexibility index (Phi) is 7.17. The second kappa shape index (κ2) is 9.39. The van der Waals surface area contributed by atoms with E-state index in [1.807, 2.05) is 12.1 Å². The van der Waals surface area contributed by atoms with Crippen molar-refractivity contribution in [3.8, 4) is 11.3 Å². The maximum atomic E-state index is 6.43. The van der Waals surface area contributed by atoms with E-state index in [0.29, 0.717) is 16.7 Å². The summed E-state index contributed by atoms with van der Waals surface area (Å²) in [5.41, 5.74) is 1.83. The number of aromatic nitrogens is 1. The van der Waals surface area contributed by atoms with E-state index in [-0.39, 0.29) is 6.04 Å². The molecule has 27 heavy (non-hydrogen) atoms. The highest BCUT2D eigenvalue weighted by Gasteiger charge is 2.25. The molecule has 0 radical (unpaired) electrons. The van der Waals surface area contributed by atoms with Gasteiger partial charge in [-0.25, -0.2) is 4.98 Å². The summed E-state index contributed by atoms with van der Waals surface area (Å²) in [6, 6.07) is 9.94. The van der Waals surface area contributed by atoms with Gasteiger partial charge in [0.25, 0.3) is 0 Å². The van der Waals surface area contributed by atoms with Crippen molar-refractivity contribution in [2.24, 2.45) is 0 Å². The Hall–Kier alpha value is -1.11. The SMILES string of the molecule is CCCN(c1nc(-c2ccc(Cl)cc2Cl)c(C)s1)C(COC)c1cccs1. The number of halogens is 2. The van der Waals surface area contributed by atoms with E-state index < -0.39 is 0 Å².